The Morgan fingerprint density at radius 2 is 1.56 bits per heavy atom. The van der Waals surface area contributed by atoms with Crippen LogP contribution in [0.3, 0.4) is 0 Å². The van der Waals surface area contributed by atoms with Gasteiger partial charge in [-0.25, -0.2) is 18.7 Å². The number of piperazine rings is 1. The van der Waals surface area contributed by atoms with E-state index in [9.17, 15) is 18.8 Å². The molecule has 0 radical (unpaired) electrons. The number of halogens is 2. The van der Waals surface area contributed by atoms with Crippen LogP contribution in [0, 0.1) is 23.5 Å². The van der Waals surface area contributed by atoms with Crippen molar-refractivity contribution >= 4 is 40.7 Å². The lowest BCUT2D eigenvalue weighted by atomic mass is 9.84. The summed E-state index contributed by atoms with van der Waals surface area (Å²) in [5.74, 6) is -0.168. The van der Waals surface area contributed by atoms with E-state index >= 15 is 4.39 Å². The fraction of sp³-hybridized carbons (Fsp3) is 0.558. The minimum absolute atomic E-state index is 0.0255. The normalized spacial score (nSPS) is 24.0. The SMILES string of the molecule is O=C1CCC(Nc2ccc(N3CCN(CC4CCN(C(=O)C5CCC(Nc6ncc(F)c(-c7cccc(N8CCCCC8)c7)n6)CC5)CC4)CC3)c(F)c2)C(=O)N1. The lowest BCUT2D eigenvalue weighted by Crippen LogP contribution is -2.50. The monoisotopic (exact) mass is 783 g/mol. The Hall–Kier alpha value is -4.85. The highest BCUT2D eigenvalue weighted by atomic mass is 19.1. The van der Waals surface area contributed by atoms with Gasteiger partial charge in [0.15, 0.2) is 5.82 Å². The number of nitrogens with one attached hydrogen (secondary N) is 3. The summed E-state index contributed by atoms with van der Waals surface area (Å²) in [5.41, 5.74) is 3.24. The van der Waals surface area contributed by atoms with Crippen LogP contribution in [0.25, 0.3) is 11.3 Å². The Labute approximate surface area is 333 Å². The van der Waals surface area contributed by atoms with Gasteiger partial charge in [0.05, 0.1) is 11.9 Å². The molecule has 0 bridgehead atoms. The number of hydrogen-bond donors (Lipinski definition) is 3. The minimum atomic E-state index is -0.552. The van der Waals surface area contributed by atoms with Gasteiger partial charge >= 0.3 is 0 Å². The zero-order valence-electron chi connectivity index (χ0n) is 32.7. The predicted molar refractivity (Wildman–Crippen MR) is 217 cm³/mol. The number of aromatic nitrogens is 2. The first-order valence-electron chi connectivity index (χ1n) is 21.1. The van der Waals surface area contributed by atoms with Crippen molar-refractivity contribution in [2.75, 3.05) is 79.3 Å². The third kappa shape index (κ3) is 9.48. The smallest absolute Gasteiger partial charge is 0.249 e. The summed E-state index contributed by atoms with van der Waals surface area (Å²) >= 11 is 0. The quantitative estimate of drug-likeness (QED) is 0.222. The average Bonchev–Trinajstić information content (AvgIpc) is 3.24. The largest absolute Gasteiger partial charge is 0.374 e. The summed E-state index contributed by atoms with van der Waals surface area (Å²) in [6.07, 6.45) is 10.8. The first-order chi connectivity index (χ1) is 27.8. The van der Waals surface area contributed by atoms with Gasteiger partial charge < -0.3 is 25.3 Å². The van der Waals surface area contributed by atoms with Crippen LogP contribution in [-0.2, 0) is 14.4 Å². The second-order valence-corrected chi connectivity index (χ2v) is 16.6. The topological polar surface area (TPSA) is 126 Å². The number of likely N-dealkylation sites (tertiary alicyclic amines) is 1. The molecule has 1 aliphatic carbocycles. The maximum absolute atomic E-state index is 15.2. The lowest BCUT2D eigenvalue weighted by molar-refractivity contribution is -0.138. The molecule has 4 aliphatic heterocycles. The second kappa shape index (κ2) is 17.7. The van der Waals surface area contributed by atoms with Crippen LogP contribution in [0.4, 0.5) is 31.8 Å². The third-order valence-corrected chi connectivity index (χ3v) is 12.7. The molecule has 5 fully saturated rings. The molecule has 1 atom stereocenters. The van der Waals surface area contributed by atoms with Gasteiger partial charge in [-0.05, 0) is 100 Å². The molecule has 12 nitrogen and oxygen atoms in total. The van der Waals surface area contributed by atoms with E-state index in [0.717, 1.165) is 109 Å². The highest BCUT2D eigenvalue weighted by molar-refractivity contribution is 6.01. The van der Waals surface area contributed by atoms with Crippen molar-refractivity contribution in [2.45, 2.75) is 82.7 Å². The first-order valence-corrected chi connectivity index (χ1v) is 21.1. The molecule has 0 spiro atoms. The van der Waals surface area contributed by atoms with Crippen molar-refractivity contribution in [1.29, 1.82) is 0 Å². The maximum Gasteiger partial charge on any atom is 0.249 e. The van der Waals surface area contributed by atoms with Gasteiger partial charge in [-0.15, -0.1) is 0 Å². The summed E-state index contributed by atoms with van der Waals surface area (Å²) in [4.78, 5) is 55.0. The summed E-state index contributed by atoms with van der Waals surface area (Å²) in [5, 5.41) is 8.82. The van der Waals surface area contributed by atoms with Gasteiger partial charge in [0.25, 0.3) is 0 Å². The molecule has 304 valence electrons. The Balaban J connectivity index is 0.751. The van der Waals surface area contributed by atoms with Crippen molar-refractivity contribution in [1.82, 2.24) is 25.1 Å². The Kier molecular flexibility index (Phi) is 12.1. The average molecular weight is 784 g/mol. The Bertz CT molecular complexity index is 1900. The number of rotatable bonds is 10. The number of carbonyl (C=O) groups is 3. The number of nitrogens with zero attached hydrogens (tertiary/aromatic N) is 6. The molecular weight excluding hydrogens is 729 g/mol. The zero-order valence-corrected chi connectivity index (χ0v) is 32.7. The van der Waals surface area contributed by atoms with Crippen molar-refractivity contribution in [3.8, 4) is 11.3 Å². The molecule has 1 saturated carbocycles. The van der Waals surface area contributed by atoms with Crippen molar-refractivity contribution in [3.05, 3.63) is 60.3 Å². The van der Waals surface area contributed by atoms with Crippen LogP contribution in [0.2, 0.25) is 0 Å². The fourth-order valence-electron chi connectivity index (χ4n) is 9.32. The van der Waals surface area contributed by atoms with E-state index in [-0.39, 0.29) is 41.9 Å². The molecular formula is C43H55F2N9O3. The zero-order chi connectivity index (χ0) is 39.3. The summed E-state index contributed by atoms with van der Waals surface area (Å²) < 4.78 is 30.2. The van der Waals surface area contributed by atoms with Gasteiger partial charge in [0.1, 0.15) is 17.6 Å². The molecule has 14 heteroatoms. The highest BCUT2D eigenvalue weighted by Crippen LogP contribution is 2.32. The second-order valence-electron chi connectivity index (χ2n) is 16.6. The van der Waals surface area contributed by atoms with Crippen LogP contribution in [0.15, 0.2) is 48.7 Å². The number of amides is 3. The van der Waals surface area contributed by atoms with E-state index in [2.05, 4.69) is 51.6 Å². The summed E-state index contributed by atoms with van der Waals surface area (Å²) in [7, 11) is 0. The molecule has 2 aromatic carbocycles. The van der Waals surface area contributed by atoms with E-state index in [0.29, 0.717) is 35.4 Å². The molecule has 1 unspecified atom stereocenters. The number of benzene rings is 2. The summed E-state index contributed by atoms with van der Waals surface area (Å²) in [6.45, 7) is 7.76. The number of imide groups is 1. The van der Waals surface area contributed by atoms with Crippen LogP contribution in [0.1, 0.15) is 70.6 Å². The predicted octanol–water partition coefficient (Wildman–Crippen LogP) is 5.66. The number of anilines is 4. The van der Waals surface area contributed by atoms with Crippen molar-refractivity contribution in [3.63, 3.8) is 0 Å². The number of hydrogen-bond acceptors (Lipinski definition) is 10. The van der Waals surface area contributed by atoms with E-state index in [1.54, 1.807) is 12.1 Å². The molecule has 3 N–H and O–H groups in total. The van der Waals surface area contributed by atoms with Crippen LogP contribution in [0.5, 0.6) is 0 Å². The molecule has 3 aromatic rings. The van der Waals surface area contributed by atoms with E-state index in [1.807, 2.05) is 18.2 Å². The highest BCUT2D eigenvalue weighted by Gasteiger charge is 2.33. The first kappa shape index (κ1) is 39.0. The van der Waals surface area contributed by atoms with Crippen LogP contribution in [-0.4, -0.2) is 108 Å². The van der Waals surface area contributed by atoms with Gasteiger partial charge in [0, 0.05) is 94.2 Å². The maximum atomic E-state index is 15.2. The third-order valence-electron chi connectivity index (χ3n) is 12.7. The molecule has 3 amide bonds. The Morgan fingerprint density at radius 1 is 0.789 bits per heavy atom. The number of carbonyl (C=O) groups excluding carboxylic acids is 3. The fourth-order valence-corrected chi connectivity index (χ4v) is 9.32. The molecule has 5 aliphatic rings. The van der Waals surface area contributed by atoms with Crippen LogP contribution < -0.4 is 25.8 Å². The van der Waals surface area contributed by atoms with Gasteiger partial charge in [-0.1, -0.05) is 12.1 Å². The van der Waals surface area contributed by atoms with E-state index in [1.165, 1.54) is 31.5 Å². The molecule has 1 aromatic heterocycles. The molecule has 4 saturated heterocycles. The number of piperidine rings is 3. The standard InChI is InChI=1S/C43H55F2N9O3/c44-35-26-33(47-37-12-14-39(55)49-41(37)56)11-13-38(35)53-23-21-51(22-24-53)28-29-15-19-54(20-16-29)42(57)30-7-9-32(10-8-30)48-43-46-27-36(45)40(50-43)31-5-4-6-34(25-31)52-17-2-1-3-18-52/h4-6,11,13,25-27,29-30,32,37,47H,1-3,7-10,12,14-24,28H2,(H,46,48,50)(H,49,55,56). The minimum Gasteiger partial charge on any atom is -0.374 e. The molecule has 5 heterocycles. The molecule has 8 rings (SSSR count). The van der Waals surface area contributed by atoms with Gasteiger partial charge in [-0.3, -0.25) is 24.6 Å². The van der Waals surface area contributed by atoms with Crippen LogP contribution >= 0.6 is 0 Å². The van der Waals surface area contributed by atoms with Crippen molar-refractivity contribution in [2.24, 2.45) is 11.8 Å². The lowest BCUT2D eigenvalue weighted by Gasteiger charge is -2.40. The van der Waals surface area contributed by atoms with Gasteiger partial charge in [0.2, 0.25) is 23.7 Å². The Morgan fingerprint density at radius 3 is 2.30 bits per heavy atom. The van der Waals surface area contributed by atoms with Crippen molar-refractivity contribution < 1.29 is 23.2 Å². The van der Waals surface area contributed by atoms with Gasteiger partial charge in [-0.2, -0.15) is 0 Å². The van der Waals surface area contributed by atoms with E-state index in [4.69, 9.17) is 0 Å². The van der Waals surface area contributed by atoms with E-state index < -0.39 is 11.9 Å². The summed E-state index contributed by atoms with van der Waals surface area (Å²) in [6, 6.07) is 12.6. The molecule has 57 heavy (non-hydrogen) atoms.